The molecule has 0 aliphatic carbocycles. The third-order valence-electron chi connectivity index (χ3n) is 4.14. The summed E-state index contributed by atoms with van der Waals surface area (Å²) in [5, 5.41) is 0. The summed E-state index contributed by atoms with van der Waals surface area (Å²) in [5.41, 5.74) is -1.23. The molecule has 0 aliphatic rings. The van der Waals surface area contributed by atoms with Crippen LogP contribution in [-0.4, -0.2) is 37.2 Å². The van der Waals surface area contributed by atoms with Crippen LogP contribution in [-0.2, 0) is 28.6 Å². The maximum Gasteiger partial charge on any atom is 0.311 e. The Morgan fingerprint density at radius 3 is 1.52 bits per heavy atom. The molecule has 1 atom stereocenters. The molecule has 0 radical (unpaired) electrons. The highest BCUT2D eigenvalue weighted by Gasteiger charge is 2.27. The van der Waals surface area contributed by atoms with E-state index in [-0.39, 0.29) is 55.5 Å². The Balaban J connectivity index is 4.74. The van der Waals surface area contributed by atoms with Crippen molar-refractivity contribution in [1.82, 2.24) is 0 Å². The van der Waals surface area contributed by atoms with Crippen LogP contribution in [0.1, 0.15) is 75.2 Å². The lowest BCUT2D eigenvalue weighted by Gasteiger charge is -2.23. The molecule has 0 amide bonds. The molecule has 0 aliphatic heterocycles. The van der Waals surface area contributed by atoms with Crippen LogP contribution in [0.25, 0.3) is 0 Å². The molecule has 0 spiro atoms. The van der Waals surface area contributed by atoms with Crippen LogP contribution in [0.3, 0.4) is 0 Å². The molecule has 1 unspecified atom stereocenters. The van der Waals surface area contributed by atoms with E-state index < -0.39 is 10.8 Å². The smallest absolute Gasteiger partial charge is 0.311 e. The monoisotopic (exact) mass is 386 g/mol. The van der Waals surface area contributed by atoms with Crippen molar-refractivity contribution in [1.29, 1.82) is 0 Å². The van der Waals surface area contributed by atoms with Crippen molar-refractivity contribution in [3.63, 3.8) is 0 Å². The number of rotatable bonds is 9. The summed E-state index contributed by atoms with van der Waals surface area (Å²) in [6, 6.07) is 0. The molecule has 0 heterocycles. The predicted molar refractivity (Wildman–Crippen MR) is 104 cm³/mol. The average Bonchev–Trinajstić information content (AvgIpc) is 2.51. The number of carbonyl (C=O) groups excluding carboxylic acids is 3. The summed E-state index contributed by atoms with van der Waals surface area (Å²) in [7, 11) is 0. The highest BCUT2D eigenvalue weighted by molar-refractivity contribution is 5.76. The maximum atomic E-state index is 12.0. The van der Waals surface area contributed by atoms with Crippen molar-refractivity contribution >= 4 is 17.9 Å². The van der Waals surface area contributed by atoms with E-state index >= 15 is 0 Å². The van der Waals surface area contributed by atoms with E-state index in [4.69, 9.17) is 14.2 Å². The topological polar surface area (TPSA) is 78.9 Å². The minimum absolute atomic E-state index is 0.0978. The van der Waals surface area contributed by atoms with Crippen molar-refractivity contribution in [2.75, 3.05) is 13.2 Å². The van der Waals surface area contributed by atoms with E-state index in [1.165, 1.54) is 0 Å². The number of esters is 3. The van der Waals surface area contributed by atoms with E-state index in [0.29, 0.717) is 6.42 Å². The molecule has 0 bridgehead atoms. The number of hydrogen-bond donors (Lipinski definition) is 0. The van der Waals surface area contributed by atoms with Crippen molar-refractivity contribution in [2.45, 2.75) is 81.3 Å². The van der Waals surface area contributed by atoms with Crippen molar-refractivity contribution in [3.8, 4) is 0 Å². The molecule has 6 nitrogen and oxygen atoms in total. The van der Waals surface area contributed by atoms with Gasteiger partial charge in [0.25, 0.3) is 0 Å². The summed E-state index contributed by atoms with van der Waals surface area (Å²) in [5.74, 6) is -0.975. The van der Waals surface area contributed by atoms with Gasteiger partial charge in [-0.3, -0.25) is 14.4 Å². The molecule has 0 fully saturated rings. The summed E-state index contributed by atoms with van der Waals surface area (Å²) >= 11 is 0. The lowest BCUT2D eigenvalue weighted by Crippen LogP contribution is -2.30. The molecule has 0 aromatic rings. The van der Waals surface area contributed by atoms with Crippen LogP contribution in [0.5, 0.6) is 0 Å². The van der Waals surface area contributed by atoms with Gasteiger partial charge in [-0.2, -0.15) is 0 Å². The van der Waals surface area contributed by atoms with Crippen LogP contribution in [0.15, 0.2) is 0 Å². The lowest BCUT2D eigenvalue weighted by molar-refractivity contribution is -0.159. The second-order valence-corrected chi connectivity index (χ2v) is 9.54. The van der Waals surface area contributed by atoms with Crippen molar-refractivity contribution in [3.05, 3.63) is 0 Å². The Kier molecular flexibility index (Phi) is 10.0. The molecule has 0 N–H and O–H groups in total. The molecular formula is C21H38O6. The zero-order valence-electron chi connectivity index (χ0n) is 18.5. The molecule has 158 valence electrons. The van der Waals surface area contributed by atoms with Gasteiger partial charge in [0.15, 0.2) is 0 Å². The van der Waals surface area contributed by atoms with Gasteiger partial charge in [0, 0.05) is 12.3 Å². The fraction of sp³-hybridized carbons (Fsp3) is 0.857. The highest BCUT2D eigenvalue weighted by Crippen LogP contribution is 2.20. The minimum atomic E-state index is -0.613. The van der Waals surface area contributed by atoms with Crippen molar-refractivity contribution in [2.24, 2.45) is 22.7 Å². The molecule has 0 aromatic heterocycles. The fourth-order valence-corrected chi connectivity index (χ4v) is 1.76. The SMILES string of the molecule is CC(C)C(C)OC(=O)CCC(COC(=O)C(C)(C)C)COC(=O)C(C)(C)C. The third-order valence-corrected chi connectivity index (χ3v) is 4.14. The van der Waals surface area contributed by atoms with E-state index in [2.05, 4.69) is 0 Å². The van der Waals surface area contributed by atoms with E-state index in [0.717, 1.165) is 0 Å². The highest BCUT2D eigenvalue weighted by atomic mass is 16.6. The molecule has 0 saturated heterocycles. The molecule has 0 saturated carbocycles. The first-order chi connectivity index (χ1) is 12.1. The van der Waals surface area contributed by atoms with Gasteiger partial charge >= 0.3 is 17.9 Å². The van der Waals surface area contributed by atoms with E-state index in [1.807, 2.05) is 20.8 Å². The van der Waals surface area contributed by atoms with Crippen LogP contribution in [0.4, 0.5) is 0 Å². The van der Waals surface area contributed by atoms with Crippen LogP contribution in [0, 0.1) is 22.7 Å². The molecular weight excluding hydrogens is 348 g/mol. The number of hydrogen-bond acceptors (Lipinski definition) is 6. The van der Waals surface area contributed by atoms with Crippen LogP contribution in [0.2, 0.25) is 0 Å². The minimum Gasteiger partial charge on any atom is -0.465 e. The number of carbonyl (C=O) groups is 3. The zero-order chi connectivity index (χ0) is 21.4. The Morgan fingerprint density at radius 2 is 1.19 bits per heavy atom. The predicted octanol–water partition coefficient (Wildman–Crippen LogP) is 4.15. The first-order valence-electron chi connectivity index (χ1n) is 9.68. The summed E-state index contributed by atoms with van der Waals surface area (Å²) < 4.78 is 16.1. The Labute approximate surface area is 164 Å². The van der Waals surface area contributed by atoms with Gasteiger partial charge in [-0.05, 0) is 60.8 Å². The maximum absolute atomic E-state index is 12.0. The van der Waals surface area contributed by atoms with Gasteiger partial charge in [-0.1, -0.05) is 13.8 Å². The van der Waals surface area contributed by atoms with Gasteiger partial charge in [0.2, 0.25) is 0 Å². The molecule has 0 rings (SSSR count). The summed E-state index contributed by atoms with van der Waals surface area (Å²) in [4.78, 5) is 36.0. The van der Waals surface area contributed by atoms with Crippen LogP contribution < -0.4 is 0 Å². The van der Waals surface area contributed by atoms with Crippen molar-refractivity contribution < 1.29 is 28.6 Å². The second kappa shape index (κ2) is 10.7. The van der Waals surface area contributed by atoms with Crippen LogP contribution >= 0.6 is 0 Å². The Bertz CT molecular complexity index is 466. The number of ether oxygens (including phenoxy) is 3. The fourth-order valence-electron chi connectivity index (χ4n) is 1.76. The summed E-state index contributed by atoms with van der Waals surface area (Å²) in [6.07, 6.45) is 0.439. The second-order valence-electron chi connectivity index (χ2n) is 9.54. The third kappa shape index (κ3) is 11.0. The van der Waals surface area contributed by atoms with Gasteiger partial charge in [-0.25, -0.2) is 0 Å². The Hall–Kier alpha value is -1.59. The van der Waals surface area contributed by atoms with Gasteiger partial charge < -0.3 is 14.2 Å². The van der Waals surface area contributed by atoms with Gasteiger partial charge in [-0.15, -0.1) is 0 Å². The molecule has 27 heavy (non-hydrogen) atoms. The van der Waals surface area contributed by atoms with E-state index in [9.17, 15) is 14.4 Å². The zero-order valence-corrected chi connectivity index (χ0v) is 18.5. The largest absolute Gasteiger partial charge is 0.465 e. The Morgan fingerprint density at radius 1 is 0.778 bits per heavy atom. The quantitative estimate of drug-likeness (QED) is 0.437. The van der Waals surface area contributed by atoms with Gasteiger partial charge in [0.05, 0.1) is 24.0 Å². The van der Waals surface area contributed by atoms with E-state index in [1.54, 1.807) is 41.5 Å². The summed E-state index contributed by atoms with van der Waals surface area (Å²) in [6.45, 7) is 16.7. The molecule has 0 aromatic carbocycles. The standard InChI is InChI=1S/C21H38O6/c1-14(2)15(3)27-17(22)11-10-16(12-25-18(23)20(4,5)6)13-26-19(24)21(7,8)9/h14-16H,10-13H2,1-9H3. The average molecular weight is 387 g/mol. The van der Waals surface area contributed by atoms with Gasteiger partial charge in [0.1, 0.15) is 6.10 Å². The lowest BCUT2D eigenvalue weighted by atomic mass is 9.97. The first kappa shape index (κ1) is 25.4. The normalized spacial score (nSPS) is 13.4. The molecule has 6 heteroatoms. The first-order valence-corrected chi connectivity index (χ1v) is 9.68.